The van der Waals surface area contributed by atoms with Crippen molar-refractivity contribution in [3.63, 3.8) is 0 Å². The van der Waals surface area contributed by atoms with E-state index in [2.05, 4.69) is 50.8 Å². The summed E-state index contributed by atoms with van der Waals surface area (Å²) < 4.78 is 0. The Bertz CT molecular complexity index is 407. The lowest BCUT2D eigenvalue weighted by Gasteiger charge is -2.42. The van der Waals surface area contributed by atoms with Gasteiger partial charge in [0.15, 0.2) is 0 Å². The van der Waals surface area contributed by atoms with Crippen molar-refractivity contribution < 1.29 is 0 Å². The average molecular weight is 260 g/mol. The molecule has 0 saturated carbocycles. The van der Waals surface area contributed by atoms with Gasteiger partial charge in [0.05, 0.1) is 0 Å². The monoisotopic (exact) mass is 260 g/mol. The van der Waals surface area contributed by atoms with E-state index in [1.807, 2.05) is 0 Å². The van der Waals surface area contributed by atoms with Crippen LogP contribution in [0.5, 0.6) is 0 Å². The lowest BCUT2D eigenvalue weighted by atomic mass is 9.89. The van der Waals surface area contributed by atoms with Crippen LogP contribution in [0.2, 0.25) is 0 Å². The Labute approximate surface area is 118 Å². The van der Waals surface area contributed by atoms with Crippen molar-refractivity contribution in [3.8, 4) is 0 Å². The quantitative estimate of drug-likeness (QED) is 0.902. The minimum Gasteiger partial charge on any atom is -0.329 e. The Morgan fingerprint density at radius 2 is 1.84 bits per heavy atom. The van der Waals surface area contributed by atoms with E-state index in [1.165, 1.54) is 36.1 Å². The molecule has 3 unspecified atom stereocenters. The summed E-state index contributed by atoms with van der Waals surface area (Å²) in [4.78, 5) is 2.63. The van der Waals surface area contributed by atoms with Crippen LogP contribution in [0.3, 0.4) is 0 Å². The molecule has 0 amide bonds. The van der Waals surface area contributed by atoms with Crippen LogP contribution in [-0.4, -0.2) is 24.0 Å². The van der Waals surface area contributed by atoms with E-state index >= 15 is 0 Å². The molecule has 2 heteroatoms. The second-order valence-corrected chi connectivity index (χ2v) is 6.29. The molecule has 3 atom stereocenters. The second-order valence-electron chi connectivity index (χ2n) is 6.29. The molecule has 19 heavy (non-hydrogen) atoms. The molecule has 2 rings (SSSR count). The summed E-state index contributed by atoms with van der Waals surface area (Å²) in [5.74, 6) is 0.787. The fourth-order valence-corrected chi connectivity index (χ4v) is 3.53. The highest BCUT2D eigenvalue weighted by Crippen LogP contribution is 2.33. The Balaban J connectivity index is 2.33. The molecule has 2 N–H and O–H groups in total. The molecular weight excluding hydrogens is 232 g/mol. The van der Waals surface area contributed by atoms with Gasteiger partial charge in [0.25, 0.3) is 0 Å². The predicted octanol–water partition coefficient (Wildman–Crippen LogP) is 3.42. The van der Waals surface area contributed by atoms with Gasteiger partial charge in [-0.1, -0.05) is 25.1 Å². The number of nitrogens with two attached hydrogens (primary N) is 1. The molecule has 0 aromatic heterocycles. The smallest absolute Gasteiger partial charge is 0.0478 e. The van der Waals surface area contributed by atoms with Gasteiger partial charge in [0.1, 0.15) is 0 Å². The summed E-state index contributed by atoms with van der Waals surface area (Å²) in [6.07, 6.45) is 2.64. The Morgan fingerprint density at radius 1 is 1.21 bits per heavy atom. The number of piperidine rings is 1. The van der Waals surface area contributed by atoms with Crippen LogP contribution in [0.15, 0.2) is 18.2 Å². The first kappa shape index (κ1) is 14.5. The van der Waals surface area contributed by atoms with Crippen LogP contribution in [0, 0.1) is 19.8 Å². The normalized spacial score (nSPS) is 26.4. The van der Waals surface area contributed by atoms with Crippen molar-refractivity contribution in [2.75, 3.05) is 13.1 Å². The Hall–Kier alpha value is -0.860. The van der Waals surface area contributed by atoms with Crippen LogP contribution in [-0.2, 0) is 0 Å². The first-order chi connectivity index (χ1) is 9.04. The van der Waals surface area contributed by atoms with E-state index in [9.17, 15) is 0 Å². The molecule has 0 aliphatic carbocycles. The number of hydrogen-bond donors (Lipinski definition) is 1. The Morgan fingerprint density at radius 3 is 2.42 bits per heavy atom. The first-order valence-corrected chi connectivity index (χ1v) is 7.56. The minimum atomic E-state index is 0.374. The summed E-state index contributed by atoms with van der Waals surface area (Å²) in [5.41, 5.74) is 10.3. The van der Waals surface area contributed by atoms with Crippen LogP contribution in [0.4, 0.5) is 0 Å². The lowest BCUT2D eigenvalue weighted by Crippen LogP contribution is -2.46. The molecular formula is C17H28N2. The van der Waals surface area contributed by atoms with Crippen LogP contribution in [0.1, 0.15) is 49.4 Å². The molecule has 1 aliphatic heterocycles. The van der Waals surface area contributed by atoms with Gasteiger partial charge in [-0.25, -0.2) is 0 Å². The van der Waals surface area contributed by atoms with E-state index in [4.69, 9.17) is 5.73 Å². The zero-order valence-corrected chi connectivity index (χ0v) is 12.8. The van der Waals surface area contributed by atoms with Crippen molar-refractivity contribution in [2.45, 2.75) is 52.6 Å². The largest absolute Gasteiger partial charge is 0.329 e. The van der Waals surface area contributed by atoms with E-state index in [1.54, 1.807) is 0 Å². The molecule has 1 aromatic rings. The molecule has 1 saturated heterocycles. The average Bonchev–Trinajstić information content (AvgIpc) is 2.37. The molecule has 2 nitrogen and oxygen atoms in total. The fraction of sp³-hybridized carbons (Fsp3) is 0.647. The number of nitrogens with zero attached hydrogens (tertiary/aromatic N) is 1. The van der Waals surface area contributed by atoms with Gasteiger partial charge in [0, 0.05) is 25.2 Å². The van der Waals surface area contributed by atoms with Gasteiger partial charge in [-0.05, 0) is 56.2 Å². The molecule has 0 radical (unpaired) electrons. The zero-order chi connectivity index (χ0) is 14.0. The number of aryl methyl sites for hydroxylation is 2. The van der Waals surface area contributed by atoms with Crippen LogP contribution >= 0.6 is 0 Å². The van der Waals surface area contributed by atoms with Gasteiger partial charge in [-0.3, -0.25) is 4.90 Å². The van der Waals surface area contributed by atoms with Crippen molar-refractivity contribution in [3.05, 3.63) is 34.9 Å². The van der Waals surface area contributed by atoms with Gasteiger partial charge < -0.3 is 5.73 Å². The van der Waals surface area contributed by atoms with Crippen molar-refractivity contribution in [2.24, 2.45) is 11.7 Å². The molecule has 1 aromatic carbocycles. The lowest BCUT2D eigenvalue weighted by molar-refractivity contribution is 0.0793. The molecule has 106 valence electrons. The predicted molar refractivity (Wildman–Crippen MR) is 82.3 cm³/mol. The number of benzene rings is 1. The fourth-order valence-electron chi connectivity index (χ4n) is 3.53. The van der Waals surface area contributed by atoms with E-state index < -0.39 is 0 Å². The third kappa shape index (κ3) is 3.01. The maximum Gasteiger partial charge on any atom is 0.0478 e. The maximum absolute atomic E-state index is 6.14. The Kier molecular flexibility index (Phi) is 4.64. The number of hydrogen-bond acceptors (Lipinski definition) is 2. The highest BCUT2D eigenvalue weighted by atomic mass is 15.2. The van der Waals surface area contributed by atoms with E-state index in [-0.39, 0.29) is 0 Å². The third-order valence-electron chi connectivity index (χ3n) is 4.66. The van der Waals surface area contributed by atoms with Crippen LogP contribution in [0.25, 0.3) is 0 Å². The summed E-state index contributed by atoms with van der Waals surface area (Å²) in [7, 11) is 0. The summed E-state index contributed by atoms with van der Waals surface area (Å²) >= 11 is 0. The number of rotatable bonds is 3. The molecule has 1 aliphatic rings. The molecule has 1 heterocycles. The highest BCUT2D eigenvalue weighted by Gasteiger charge is 2.30. The van der Waals surface area contributed by atoms with Crippen molar-refractivity contribution in [1.82, 2.24) is 4.90 Å². The summed E-state index contributed by atoms with van der Waals surface area (Å²) in [6, 6.07) is 7.58. The first-order valence-electron chi connectivity index (χ1n) is 7.56. The maximum atomic E-state index is 6.14. The van der Waals surface area contributed by atoms with Gasteiger partial charge in [-0.15, -0.1) is 0 Å². The third-order valence-corrected chi connectivity index (χ3v) is 4.66. The van der Waals surface area contributed by atoms with E-state index in [0.717, 1.165) is 5.92 Å². The SMILES string of the molecule is Cc1cccc(C)c1C(CN)N1CC(C)CCC1C. The standard InChI is InChI=1S/C17H28N2/c1-12-8-9-15(4)19(11-12)16(10-18)17-13(2)6-5-7-14(17)3/h5-7,12,15-16H,8-11,18H2,1-4H3. The topological polar surface area (TPSA) is 29.3 Å². The van der Waals surface area contributed by atoms with Gasteiger partial charge in [-0.2, -0.15) is 0 Å². The molecule has 0 bridgehead atoms. The second kappa shape index (κ2) is 6.06. The van der Waals surface area contributed by atoms with Gasteiger partial charge in [0.2, 0.25) is 0 Å². The minimum absolute atomic E-state index is 0.374. The summed E-state index contributed by atoms with van der Waals surface area (Å²) in [5, 5.41) is 0. The molecule has 0 spiro atoms. The van der Waals surface area contributed by atoms with Crippen molar-refractivity contribution >= 4 is 0 Å². The number of likely N-dealkylation sites (tertiary alicyclic amines) is 1. The zero-order valence-electron chi connectivity index (χ0n) is 12.8. The summed E-state index contributed by atoms with van der Waals surface area (Å²) in [6.45, 7) is 11.0. The molecule has 1 fully saturated rings. The van der Waals surface area contributed by atoms with Crippen molar-refractivity contribution in [1.29, 1.82) is 0 Å². The van der Waals surface area contributed by atoms with Crippen LogP contribution < -0.4 is 5.73 Å². The highest BCUT2D eigenvalue weighted by molar-refractivity contribution is 5.36. The van der Waals surface area contributed by atoms with E-state index in [0.29, 0.717) is 18.6 Å². The van der Waals surface area contributed by atoms with Gasteiger partial charge >= 0.3 is 0 Å².